The summed E-state index contributed by atoms with van der Waals surface area (Å²) in [5, 5.41) is 3.57. The molecule has 1 fully saturated rings. The van der Waals surface area contributed by atoms with Gasteiger partial charge >= 0.3 is 5.97 Å². The Balaban J connectivity index is 1.48. The molecule has 2 heterocycles. The smallest absolute Gasteiger partial charge is 0.337 e. The number of esters is 1. The van der Waals surface area contributed by atoms with E-state index in [9.17, 15) is 14.4 Å². The van der Waals surface area contributed by atoms with Crippen molar-refractivity contribution < 1.29 is 19.1 Å². The second-order valence-corrected chi connectivity index (χ2v) is 7.62. The van der Waals surface area contributed by atoms with Crippen LogP contribution in [0.1, 0.15) is 10.4 Å². The number of nitrogens with zero attached hydrogens (tertiary/aromatic N) is 3. The molecule has 0 aliphatic carbocycles. The van der Waals surface area contributed by atoms with Gasteiger partial charge in [0, 0.05) is 18.8 Å². The van der Waals surface area contributed by atoms with Crippen LogP contribution in [0.5, 0.6) is 0 Å². The summed E-state index contributed by atoms with van der Waals surface area (Å²) in [6, 6.07) is 9.76. The minimum atomic E-state index is -0.518. The van der Waals surface area contributed by atoms with Gasteiger partial charge in [0.05, 0.1) is 53.8 Å². The van der Waals surface area contributed by atoms with Gasteiger partial charge in [0.1, 0.15) is 6.54 Å². The summed E-state index contributed by atoms with van der Waals surface area (Å²) in [4.78, 5) is 43.2. The average molecular weight is 457 g/mol. The number of methoxy groups -OCH3 is 1. The number of benzene rings is 2. The quantitative estimate of drug-likeness (QED) is 0.587. The summed E-state index contributed by atoms with van der Waals surface area (Å²) in [5.74, 6) is -0.912. The van der Waals surface area contributed by atoms with Crippen molar-refractivity contribution in [3.8, 4) is 0 Å². The lowest BCUT2D eigenvalue weighted by Gasteiger charge is -2.29. The van der Waals surface area contributed by atoms with Gasteiger partial charge in [-0.25, -0.2) is 9.78 Å². The van der Waals surface area contributed by atoms with Crippen LogP contribution in [0.25, 0.3) is 10.9 Å². The Bertz CT molecular complexity index is 1240. The van der Waals surface area contributed by atoms with Gasteiger partial charge in [-0.1, -0.05) is 11.6 Å². The molecule has 3 aromatic rings. The van der Waals surface area contributed by atoms with E-state index in [-0.39, 0.29) is 12.1 Å². The number of amides is 1. The van der Waals surface area contributed by atoms with Crippen molar-refractivity contribution >= 4 is 45.8 Å². The van der Waals surface area contributed by atoms with Gasteiger partial charge in [0.2, 0.25) is 5.91 Å². The number of aromatic nitrogens is 2. The Labute approximate surface area is 188 Å². The third-order valence-corrected chi connectivity index (χ3v) is 5.45. The fourth-order valence-corrected chi connectivity index (χ4v) is 3.82. The van der Waals surface area contributed by atoms with Crippen molar-refractivity contribution in [3.63, 3.8) is 0 Å². The van der Waals surface area contributed by atoms with Crippen LogP contribution < -0.4 is 15.8 Å². The SMILES string of the molecule is COC(=O)c1ccc2c(=O)n(CC(=O)Nc3ccc(N4CCOCC4)c(Cl)c3)cnc2c1. The zero-order valence-corrected chi connectivity index (χ0v) is 18.1. The number of halogens is 1. The summed E-state index contributed by atoms with van der Waals surface area (Å²) in [5.41, 5.74) is 1.66. The van der Waals surface area contributed by atoms with Crippen LogP contribution in [0.4, 0.5) is 11.4 Å². The van der Waals surface area contributed by atoms with E-state index in [4.69, 9.17) is 16.3 Å². The molecule has 0 bridgehead atoms. The third kappa shape index (κ3) is 4.58. The van der Waals surface area contributed by atoms with Crippen LogP contribution in [0.15, 0.2) is 47.5 Å². The zero-order chi connectivity index (χ0) is 22.7. The zero-order valence-electron chi connectivity index (χ0n) is 17.3. The van der Waals surface area contributed by atoms with Gasteiger partial charge in [-0.3, -0.25) is 14.2 Å². The monoisotopic (exact) mass is 456 g/mol. The van der Waals surface area contributed by atoms with Gasteiger partial charge in [-0.2, -0.15) is 0 Å². The summed E-state index contributed by atoms with van der Waals surface area (Å²) in [6.45, 7) is 2.58. The molecule has 1 amide bonds. The maximum absolute atomic E-state index is 12.7. The number of hydrogen-bond donors (Lipinski definition) is 1. The standard InChI is InChI=1S/C22H21ClN4O5/c1-31-22(30)14-2-4-16-18(10-14)24-13-27(21(16)29)12-20(28)25-15-3-5-19(17(23)11-15)26-6-8-32-9-7-26/h2-5,10-11,13H,6-9,12H2,1H3,(H,25,28). The minimum Gasteiger partial charge on any atom is -0.465 e. The van der Waals surface area contributed by atoms with Gasteiger partial charge < -0.3 is 19.7 Å². The maximum atomic E-state index is 12.7. The highest BCUT2D eigenvalue weighted by Crippen LogP contribution is 2.29. The van der Waals surface area contributed by atoms with E-state index in [1.807, 2.05) is 6.07 Å². The highest BCUT2D eigenvalue weighted by molar-refractivity contribution is 6.33. The number of carbonyl (C=O) groups is 2. The molecule has 32 heavy (non-hydrogen) atoms. The number of ether oxygens (including phenoxy) is 2. The Morgan fingerprint density at radius 2 is 1.97 bits per heavy atom. The fraction of sp³-hybridized carbons (Fsp3) is 0.273. The molecule has 10 heteroatoms. The molecule has 0 unspecified atom stereocenters. The topological polar surface area (TPSA) is 103 Å². The summed E-state index contributed by atoms with van der Waals surface area (Å²) in [7, 11) is 1.28. The van der Waals surface area contributed by atoms with Gasteiger partial charge in [-0.15, -0.1) is 0 Å². The maximum Gasteiger partial charge on any atom is 0.337 e. The van der Waals surface area contributed by atoms with Crippen molar-refractivity contribution in [1.82, 2.24) is 9.55 Å². The summed E-state index contributed by atoms with van der Waals surface area (Å²) < 4.78 is 11.2. The molecule has 4 rings (SSSR count). The van der Waals surface area contributed by atoms with Gasteiger partial charge in [0.25, 0.3) is 5.56 Å². The van der Waals surface area contributed by atoms with Crippen molar-refractivity contribution in [2.24, 2.45) is 0 Å². The predicted molar refractivity (Wildman–Crippen MR) is 120 cm³/mol. The van der Waals surface area contributed by atoms with Crippen LogP contribution in [0.2, 0.25) is 5.02 Å². The lowest BCUT2D eigenvalue weighted by atomic mass is 10.1. The molecule has 2 aromatic carbocycles. The molecule has 1 aliphatic rings. The van der Waals surface area contributed by atoms with Crippen molar-refractivity contribution in [2.75, 3.05) is 43.6 Å². The molecule has 0 saturated carbocycles. The second-order valence-electron chi connectivity index (χ2n) is 7.21. The lowest BCUT2D eigenvalue weighted by Crippen LogP contribution is -2.36. The first-order chi connectivity index (χ1) is 15.5. The molecule has 9 nitrogen and oxygen atoms in total. The fourth-order valence-electron chi connectivity index (χ4n) is 3.52. The molecule has 0 atom stereocenters. The Morgan fingerprint density at radius 3 is 2.69 bits per heavy atom. The molecule has 166 valence electrons. The van der Waals surface area contributed by atoms with Crippen molar-refractivity contribution in [3.05, 3.63) is 63.7 Å². The van der Waals surface area contributed by atoms with Crippen molar-refractivity contribution in [2.45, 2.75) is 6.54 Å². The van der Waals surface area contributed by atoms with E-state index < -0.39 is 11.9 Å². The number of carbonyl (C=O) groups excluding carboxylic acids is 2. The lowest BCUT2D eigenvalue weighted by molar-refractivity contribution is -0.116. The molecule has 1 saturated heterocycles. The van der Waals surface area contributed by atoms with E-state index in [2.05, 4.69) is 19.9 Å². The van der Waals surface area contributed by atoms with Crippen LogP contribution in [-0.2, 0) is 20.8 Å². The van der Waals surface area contributed by atoms with Gasteiger partial charge in [0.15, 0.2) is 0 Å². The minimum absolute atomic E-state index is 0.219. The largest absolute Gasteiger partial charge is 0.465 e. The van der Waals surface area contributed by atoms with Gasteiger partial charge in [-0.05, 0) is 36.4 Å². The van der Waals surface area contributed by atoms with Crippen LogP contribution in [-0.4, -0.2) is 54.8 Å². The number of hydrogen-bond acceptors (Lipinski definition) is 7. The van der Waals surface area contributed by atoms with E-state index >= 15 is 0 Å². The highest BCUT2D eigenvalue weighted by Gasteiger charge is 2.16. The first-order valence-corrected chi connectivity index (χ1v) is 10.3. The van der Waals surface area contributed by atoms with Crippen LogP contribution >= 0.6 is 11.6 Å². The number of nitrogens with one attached hydrogen (secondary N) is 1. The van der Waals surface area contributed by atoms with E-state index in [1.54, 1.807) is 12.1 Å². The average Bonchev–Trinajstić information content (AvgIpc) is 2.81. The molecule has 1 aliphatic heterocycles. The van der Waals surface area contributed by atoms with Crippen LogP contribution in [0.3, 0.4) is 0 Å². The number of anilines is 2. The molecule has 0 spiro atoms. The third-order valence-electron chi connectivity index (χ3n) is 5.14. The molecular weight excluding hydrogens is 436 g/mol. The highest BCUT2D eigenvalue weighted by atomic mass is 35.5. The normalized spacial score (nSPS) is 13.8. The van der Waals surface area contributed by atoms with Crippen LogP contribution in [0, 0.1) is 0 Å². The number of rotatable bonds is 5. The van der Waals surface area contributed by atoms with E-state index in [0.29, 0.717) is 40.4 Å². The molecule has 0 radical (unpaired) electrons. The number of morpholine rings is 1. The molecule has 1 aromatic heterocycles. The Morgan fingerprint density at radius 1 is 1.19 bits per heavy atom. The summed E-state index contributed by atoms with van der Waals surface area (Å²) in [6.07, 6.45) is 1.28. The Kier molecular flexibility index (Phi) is 6.38. The first-order valence-electron chi connectivity index (χ1n) is 9.96. The van der Waals surface area contributed by atoms with Crippen molar-refractivity contribution in [1.29, 1.82) is 0 Å². The molecular formula is C22H21ClN4O5. The van der Waals surface area contributed by atoms with E-state index in [0.717, 1.165) is 18.8 Å². The Hall–Kier alpha value is -3.43. The predicted octanol–water partition coefficient (Wildman–Crippen LogP) is 2.31. The second kappa shape index (κ2) is 9.37. The molecule has 1 N–H and O–H groups in total. The number of fused-ring (bicyclic) bond motifs is 1. The summed E-state index contributed by atoms with van der Waals surface area (Å²) >= 11 is 6.41. The first kappa shape index (κ1) is 21.8. The van der Waals surface area contributed by atoms with E-state index in [1.165, 1.54) is 36.2 Å².